The van der Waals surface area contributed by atoms with E-state index in [1.54, 1.807) is 0 Å². The zero-order chi connectivity index (χ0) is 20.0. The third-order valence-corrected chi connectivity index (χ3v) is 6.89. The number of thiophene rings is 1. The zero-order valence-electron chi connectivity index (χ0n) is 16.5. The molecule has 0 amide bonds. The van der Waals surface area contributed by atoms with Crippen molar-refractivity contribution < 1.29 is 9.53 Å². The number of aromatic nitrogens is 1. The number of ether oxygens (including phenoxy) is 1. The van der Waals surface area contributed by atoms with E-state index in [0.29, 0.717) is 29.3 Å². The van der Waals surface area contributed by atoms with E-state index in [-0.39, 0.29) is 5.78 Å². The number of hydrogen-bond acceptors (Lipinski definition) is 7. The molecule has 2 N–H and O–H groups in total. The van der Waals surface area contributed by atoms with Gasteiger partial charge in [-0.15, -0.1) is 11.3 Å². The molecule has 0 saturated carbocycles. The van der Waals surface area contributed by atoms with E-state index in [2.05, 4.69) is 16.8 Å². The van der Waals surface area contributed by atoms with Gasteiger partial charge in [-0.2, -0.15) is 0 Å². The molecule has 150 valence electrons. The maximum atomic E-state index is 13.1. The topological polar surface area (TPSA) is 71.7 Å². The Labute approximate surface area is 173 Å². The molecule has 7 heteroatoms. The lowest BCUT2D eigenvalue weighted by Gasteiger charge is -2.33. The Morgan fingerprint density at radius 3 is 2.66 bits per heavy atom. The molecule has 1 saturated heterocycles. The summed E-state index contributed by atoms with van der Waals surface area (Å²) >= 11 is 1.42. The molecule has 1 aromatic carbocycles. The molecule has 4 heterocycles. The molecule has 0 radical (unpaired) electrons. The van der Waals surface area contributed by atoms with Crippen LogP contribution >= 0.6 is 11.3 Å². The summed E-state index contributed by atoms with van der Waals surface area (Å²) in [6.07, 6.45) is 0.919. The van der Waals surface area contributed by atoms with Crippen molar-refractivity contribution in [2.24, 2.45) is 0 Å². The van der Waals surface area contributed by atoms with E-state index < -0.39 is 0 Å². The van der Waals surface area contributed by atoms with E-state index in [4.69, 9.17) is 15.5 Å². The summed E-state index contributed by atoms with van der Waals surface area (Å²) in [4.78, 5) is 24.2. The van der Waals surface area contributed by atoms with E-state index in [9.17, 15) is 4.79 Å². The number of fused-ring (bicyclic) bond motifs is 3. The fraction of sp³-hybridized carbons (Fsp3) is 0.364. The number of rotatable bonds is 3. The van der Waals surface area contributed by atoms with Crippen molar-refractivity contribution in [3.05, 3.63) is 51.9 Å². The second-order valence-electron chi connectivity index (χ2n) is 7.70. The van der Waals surface area contributed by atoms with Gasteiger partial charge in [-0.05, 0) is 19.0 Å². The molecule has 0 bridgehead atoms. The van der Waals surface area contributed by atoms with E-state index >= 15 is 0 Å². The van der Waals surface area contributed by atoms with Gasteiger partial charge in [0.05, 0.1) is 18.9 Å². The normalized spacial score (nSPS) is 17.5. The van der Waals surface area contributed by atoms with Gasteiger partial charge in [0.25, 0.3) is 0 Å². The van der Waals surface area contributed by atoms with Crippen LogP contribution < -0.4 is 10.6 Å². The number of hydrogen-bond donors (Lipinski definition) is 1. The maximum absolute atomic E-state index is 13.1. The number of benzene rings is 1. The lowest BCUT2D eigenvalue weighted by molar-refractivity contribution is 0.104. The quantitative estimate of drug-likeness (QED) is 0.672. The van der Waals surface area contributed by atoms with E-state index in [1.807, 2.05) is 30.3 Å². The van der Waals surface area contributed by atoms with Gasteiger partial charge in [-0.1, -0.05) is 30.3 Å². The number of carbonyl (C=O) groups excluding carboxylic acids is 1. The Kier molecular flexibility index (Phi) is 4.73. The van der Waals surface area contributed by atoms with Crippen LogP contribution in [0, 0.1) is 0 Å². The van der Waals surface area contributed by atoms with Crippen LogP contribution in [0.4, 0.5) is 11.5 Å². The summed E-state index contributed by atoms with van der Waals surface area (Å²) in [7, 11) is 2.14. The molecule has 29 heavy (non-hydrogen) atoms. The summed E-state index contributed by atoms with van der Waals surface area (Å²) < 4.78 is 5.54. The summed E-state index contributed by atoms with van der Waals surface area (Å²) in [5.74, 6) is 1.00. The molecular weight excluding hydrogens is 384 g/mol. The van der Waals surface area contributed by atoms with Gasteiger partial charge in [0.15, 0.2) is 0 Å². The highest BCUT2D eigenvalue weighted by Gasteiger charge is 2.29. The molecule has 0 spiro atoms. The number of likely N-dealkylation sites (N-methyl/N-ethyl adjacent to an activating group) is 1. The molecule has 2 aliphatic rings. The third kappa shape index (κ3) is 3.19. The van der Waals surface area contributed by atoms with Crippen molar-refractivity contribution in [1.29, 1.82) is 0 Å². The number of anilines is 2. The van der Waals surface area contributed by atoms with Crippen LogP contribution in [0.15, 0.2) is 30.3 Å². The molecule has 2 aliphatic heterocycles. The average Bonchev–Trinajstić information content (AvgIpc) is 3.10. The molecule has 0 atom stereocenters. The molecule has 6 nitrogen and oxygen atoms in total. The summed E-state index contributed by atoms with van der Waals surface area (Å²) in [6, 6.07) is 9.34. The largest absolute Gasteiger partial charge is 0.397 e. The fourth-order valence-corrected chi connectivity index (χ4v) is 5.35. The van der Waals surface area contributed by atoms with Crippen molar-refractivity contribution in [2.45, 2.75) is 13.0 Å². The molecule has 3 aromatic rings. The van der Waals surface area contributed by atoms with Crippen LogP contribution in [0.25, 0.3) is 10.2 Å². The Bertz CT molecular complexity index is 1070. The predicted octanol–water partition coefficient (Wildman–Crippen LogP) is 2.93. The highest BCUT2D eigenvalue weighted by Crippen LogP contribution is 2.42. The first-order chi connectivity index (χ1) is 14.1. The third-order valence-electron chi connectivity index (χ3n) is 5.79. The lowest BCUT2D eigenvalue weighted by Crippen LogP contribution is -2.39. The Morgan fingerprint density at radius 1 is 1.14 bits per heavy atom. The highest BCUT2D eigenvalue weighted by molar-refractivity contribution is 7.21. The predicted molar refractivity (Wildman–Crippen MR) is 117 cm³/mol. The summed E-state index contributed by atoms with van der Waals surface area (Å²) in [5.41, 5.74) is 10.3. The SMILES string of the molecule is CN1CCc2c(c(N3CCOCC3)nc3sc(C(=O)c4ccccc4)c(N)c23)C1. The molecular formula is C22H24N4O2S. The number of pyridine rings is 1. The minimum Gasteiger partial charge on any atom is -0.397 e. The van der Waals surface area contributed by atoms with Crippen molar-refractivity contribution >= 4 is 38.8 Å². The highest BCUT2D eigenvalue weighted by atomic mass is 32.1. The summed E-state index contributed by atoms with van der Waals surface area (Å²) in [6.45, 7) is 4.94. The average molecular weight is 409 g/mol. The summed E-state index contributed by atoms with van der Waals surface area (Å²) in [5, 5.41) is 0.981. The monoisotopic (exact) mass is 408 g/mol. The lowest BCUT2D eigenvalue weighted by atomic mass is 9.96. The zero-order valence-corrected chi connectivity index (χ0v) is 17.3. The van der Waals surface area contributed by atoms with Crippen LogP contribution in [0.5, 0.6) is 0 Å². The number of nitrogens with zero attached hydrogens (tertiary/aromatic N) is 3. The first-order valence-corrected chi connectivity index (χ1v) is 10.8. The van der Waals surface area contributed by atoms with E-state index in [0.717, 1.165) is 48.6 Å². The van der Waals surface area contributed by atoms with Gasteiger partial charge in [-0.25, -0.2) is 4.98 Å². The maximum Gasteiger partial charge on any atom is 0.205 e. The first-order valence-electron chi connectivity index (χ1n) is 9.98. The number of nitrogen functional groups attached to an aromatic ring is 1. The molecule has 1 fully saturated rings. The van der Waals surface area contributed by atoms with Crippen LogP contribution in [0.3, 0.4) is 0 Å². The van der Waals surface area contributed by atoms with Gasteiger partial charge >= 0.3 is 0 Å². The van der Waals surface area contributed by atoms with Crippen molar-refractivity contribution in [2.75, 3.05) is 50.5 Å². The molecule has 5 rings (SSSR count). The standard InChI is InChI=1S/C22H24N4O2S/c1-25-8-7-15-16(13-25)21(26-9-11-28-12-10-26)24-22-17(15)18(23)20(29-22)19(27)14-5-3-2-4-6-14/h2-6H,7-13,23H2,1H3. The number of ketones is 1. The van der Waals surface area contributed by atoms with Crippen LogP contribution in [0.2, 0.25) is 0 Å². The minimum atomic E-state index is -0.0271. The molecule has 0 aliphatic carbocycles. The van der Waals surface area contributed by atoms with Crippen LogP contribution in [-0.2, 0) is 17.7 Å². The first kappa shape index (κ1) is 18.5. The van der Waals surface area contributed by atoms with Crippen LogP contribution in [0.1, 0.15) is 26.4 Å². The molecule has 0 unspecified atom stereocenters. The number of carbonyl (C=O) groups is 1. The number of morpholine rings is 1. The van der Waals surface area contributed by atoms with Gasteiger partial charge in [0.2, 0.25) is 5.78 Å². The fourth-order valence-electron chi connectivity index (χ4n) is 4.27. The van der Waals surface area contributed by atoms with Crippen LogP contribution in [-0.4, -0.2) is 55.6 Å². The smallest absolute Gasteiger partial charge is 0.205 e. The van der Waals surface area contributed by atoms with Gasteiger partial charge in [-0.3, -0.25) is 4.79 Å². The van der Waals surface area contributed by atoms with Crippen molar-refractivity contribution in [3.8, 4) is 0 Å². The van der Waals surface area contributed by atoms with Crippen molar-refractivity contribution in [3.63, 3.8) is 0 Å². The van der Waals surface area contributed by atoms with E-state index in [1.165, 1.54) is 22.5 Å². The minimum absolute atomic E-state index is 0.0271. The van der Waals surface area contributed by atoms with Gasteiger partial charge in [0, 0.05) is 42.7 Å². The second-order valence-corrected chi connectivity index (χ2v) is 8.70. The van der Waals surface area contributed by atoms with Gasteiger partial charge < -0.3 is 20.3 Å². The number of nitrogens with two attached hydrogens (primary N) is 1. The Balaban J connectivity index is 1.68. The second kappa shape index (κ2) is 7.40. The molecule has 2 aromatic heterocycles. The Morgan fingerprint density at radius 2 is 1.90 bits per heavy atom. The Hall–Kier alpha value is -2.48. The van der Waals surface area contributed by atoms with Crippen molar-refractivity contribution in [1.82, 2.24) is 9.88 Å². The van der Waals surface area contributed by atoms with Gasteiger partial charge in [0.1, 0.15) is 15.5 Å².